The Hall–Kier alpha value is 0.467. The minimum Gasteiger partial charge on any atom is -0.420 e. The van der Waals surface area contributed by atoms with Gasteiger partial charge >= 0.3 is 0 Å². The summed E-state index contributed by atoms with van der Waals surface area (Å²) in [5.41, 5.74) is 0. The van der Waals surface area contributed by atoms with E-state index in [0.29, 0.717) is 0 Å². The lowest BCUT2D eigenvalue weighted by molar-refractivity contribution is 0.286. The number of alkyl halides is 1. The van der Waals surface area contributed by atoms with Crippen molar-refractivity contribution in [3.05, 3.63) is 0 Å². The summed E-state index contributed by atoms with van der Waals surface area (Å²) in [5, 5.41) is 0. The molecule has 0 aromatic carbocycles. The molecule has 1 rings (SSSR count). The fourth-order valence-corrected chi connectivity index (χ4v) is 4.30. The molecule has 0 spiro atoms. The molecule has 0 aliphatic carbocycles. The van der Waals surface area contributed by atoms with Gasteiger partial charge in [-0.3, -0.25) is 0 Å². The van der Waals surface area contributed by atoms with E-state index in [-0.39, 0.29) is 0 Å². The van der Waals surface area contributed by atoms with Crippen LogP contribution in [0.2, 0.25) is 12.1 Å². The molecule has 1 saturated heterocycles. The van der Waals surface area contributed by atoms with Gasteiger partial charge in [0.2, 0.25) is 0 Å². The molecule has 1 nitrogen and oxygen atoms in total. The number of halogens is 1. The van der Waals surface area contributed by atoms with Crippen LogP contribution in [0, 0.1) is 0 Å². The lowest BCUT2D eigenvalue weighted by Gasteiger charge is -2.20. The van der Waals surface area contributed by atoms with Crippen LogP contribution in [0.3, 0.4) is 0 Å². The molecule has 1 aliphatic rings. The Labute approximate surface area is 75.8 Å². The van der Waals surface area contributed by atoms with Gasteiger partial charge in [-0.05, 0) is 24.9 Å². The van der Waals surface area contributed by atoms with E-state index in [4.69, 9.17) is 16.0 Å². The monoisotopic (exact) mass is 192 g/mol. The van der Waals surface area contributed by atoms with Crippen molar-refractivity contribution in [3.63, 3.8) is 0 Å². The van der Waals surface area contributed by atoms with Crippen LogP contribution in [-0.4, -0.2) is 21.5 Å². The smallest absolute Gasteiger partial charge is 0.176 e. The van der Waals surface area contributed by atoms with Crippen LogP contribution in [0.15, 0.2) is 0 Å². The molecule has 0 bridgehead atoms. The first-order valence-corrected chi connectivity index (χ1v) is 7.25. The summed E-state index contributed by atoms with van der Waals surface area (Å²) in [4.78, 5) is 0. The highest BCUT2D eigenvalue weighted by atomic mass is 35.5. The maximum absolute atomic E-state index is 5.72. The molecular weight excluding hydrogens is 176 g/mol. The molecule has 1 atom stereocenters. The molecule has 0 radical (unpaired) electrons. The Morgan fingerprint density at radius 1 is 1.27 bits per heavy atom. The topological polar surface area (TPSA) is 9.23 Å². The minimum atomic E-state index is -0.716. The normalized spacial score (nSPS) is 25.4. The summed E-state index contributed by atoms with van der Waals surface area (Å²) in [5.74, 6) is 0.821. The van der Waals surface area contributed by atoms with Crippen LogP contribution in [0.1, 0.15) is 25.7 Å². The molecule has 0 saturated carbocycles. The Kier molecular flexibility index (Phi) is 5.24. The van der Waals surface area contributed by atoms with Gasteiger partial charge in [-0.25, -0.2) is 0 Å². The predicted octanol–water partition coefficient (Wildman–Crippen LogP) is 2.54. The van der Waals surface area contributed by atoms with Gasteiger partial charge in [-0.15, -0.1) is 11.6 Å². The van der Waals surface area contributed by atoms with E-state index in [9.17, 15) is 0 Å². The molecule has 0 amide bonds. The number of hydrogen-bond donors (Lipinski definition) is 0. The van der Waals surface area contributed by atoms with Crippen molar-refractivity contribution in [3.8, 4) is 0 Å². The van der Waals surface area contributed by atoms with E-state index < -0.39 is 9.04 Å². The molecule has 66 valence electrons. The van der Waals surface area contributed by atoms with Gasteiger partial charge in [0.15, 0.2) is 9.04 Å². The van der Waals surface area contributed by atoms with Gasteiger partial charge in [0, 0.05) is 12.5 Å². The van der Waals surface area contributed by atoms with Crippen molar-refractivity contribution >= 4 is 20.6 Å². The first-order valence-electron chi connectivity index (χ1n) is 4.61. The zero-order valence-corrected chi connectivity index (χ0v) is 8.93. The molecule has 1 fully saturated rings. The van der Waals surface area contributed by atoms with Gasteiger partial charge in [0.1, 0.15) is 0 Å². The Morgan fingerprint density at radius 2 is 2.18 bits per heavy atom. The second kappa shape index (κ2) is 6.04. The quantitative estimate of drug-likeness (QED) is 0.378. The molecule has 0 aromatic heterocycles. The lowest BCUT2D eigenvalue weighted by atomic mass is 10.4. The van der Waals surface area contributed by atoms with E-state index in [1.807, 2.05) is 0 Å². The summed E-state index contributed by atoms with van der Waals surface area (Å²) in [6.07, 6.45) is 5.17. The largest absolute Gasteiger partial charge is 0.420 e. The van der Waals surface area contributed by atoms with Gasteiger partial charge in [-0.1, -0.05) is 12.8 Å². The fraction of sp³-hybridized carbons (Fsp3) is 1.00. The molecule has 0 N–H and O–H groups in total. The third kappa shape index (κ3) is 4.14. The predicted molar refractivity (Wildman–Crippen MR) is 51.9 cm³/mol. The third-order valence-electron chi connectivity index (χ3n) is 2.18. The lowest BCUT2D eigenvalue weighted by Crippen LogP contribution is -2.22. The van der Waals surface area contributed by atoms with Crippen molar-refractivity contribution in [1.82, 2.24) is 0 Å². The zero-order chi connectivity index (χ0) is 7.94. The van der Waals surface area contributed by atoms with Crippen molar-refractivity contribution in [2.45, 2.75) is 37.8 Å². The molecule has 1 heterocycles. The van der Waals surface area contributed by atoms with Crippen molar-refractivity contribution in [2.75, 3.05) is 12.5 Å². The van der Waals surface area contributed by atoms with Crippen LogP contribution in [0.4, 0.5) is 0 Å². The van der Waals surface area contributed by atoms with Gasteiger partial charge < -0.3 is 4.43 Å². The van der Waals surface area contributed by atoms with Crippen LogP contribution < -0.4 is 0 Å². The van der Waals surface area contributed by atoms with E-state index in [1.54, 1.807) is 0 Å². The number of hydrogen-bond acceptors (Lipinski definition) is 1. The summed E-state index contributed by atoms with van der Waals surface area (Å²) in [6, 6.07) is 2.76. The molecule has 3 heteroatoms. The summed E-state index contributed by atoms with van der Waals surface area (Å²) in [6.45, 7) is 1.04. The summed E-state index contributed by atoms with van der Waals surface area (Å²) >= 11 is 5.59. The van der Waals surface area contributed by atoms with E-state index >= 15 is 0 Å². The maximum atomic E-state index is 5.72. The first-order chi connectivity index (χ1) is 5.43. The van der Waals surface area contributed by atoms with Crippen LogP contribution >= 0.6 is 11.6 Å². The van der Waals surface area contributed by atoms with Gasteiger partial charge in [0.25, 0.3) is 0 Å². The Morgan fingerprint density at radius 3 is 2.82 bits per heavy atom. The Balaban J connectivity index is 1.96. The van der Waals surface area contributed by atoms with Crippen LogP contribution in [-0.2, 0) is 4.43 Å². The second-order valence-electron chi connectivity index (χ2n) is 3.17. The average Bonchev–Trinajstić information content (AvgIpc) is 2.07. The molecular formula is C8H17ClOSi. The molecule has 0 aromatic rings. The highest BCUT2D eigenvalue weighted by molar-refractivity contribution is 6.51. The molecule has 1 unspecified atom stereocenters. The van der Waals surface area contributed by atoms with Crippen LogP contribution in [0.25, 0.3) is 0 Å². The van der Waals surface area contributed by atoms with Gasteiger partial charge in [0.05, 0.1) is 0 Å². The summed E-state index contributed by atoms with van der Waals surface area (Å²) in [7, 11) is -0.716. The standard InChI is InChI=1S/C8H17ClOSi/c9-5-1-3-7-11-8-4-2-6-10-11/h11H,1-8H2. The zero-order valence-electron chi connectivity index (χ0n) is 7.02. The maximum Gasteiger partial charge on any atom is 0.176 e. The molecule has 11 heavy (non-hydrogen) atoms. The number of unbranched alkanes of at least 4 members (excludes halogenated alkanes) is 1. The first kappa shape index (κ1) is 9.55. The van der Waals surface area contributed by atoms with Crippen molar-refractivity contribution < 1.29 is 4.43 Å². The van der Waals surface area contributed by atoms with E-state index in [2.05, 4.69) is 0 Å². The SMILES string of the molecule is ClCCCC[SiH]1CCCCO1. The highest BCUT2D eigenvalue weighted by Gasteiger charge is 2.14. The Bertz CT molecular complexity index is 94.1. The second-order valence-corrected chi connectivity index (χ2v) is 6.28. The van der Waals surface area contributed by atoms with Crippen molar-refractivity contribution in [1.29, 1.82) is 0 Å². The average molecular weight is 193 g/mol. The van der Waals surface area contributed by atoms with Gasteiger partial charge in [-0.2, -0.15) is 0 Å². The number of rotatable bonds is 4. The minimum absolute atomic E-state index is 0.716. The van der Waals surface area contributed by atoms with Crippen LogP contribution in [0.5, 0.6) is 0 Å². The summed E-state index contributed by atoms with van der Waals surface area (Å²) < 4.78 is 5.72. The molecule has 1 aliphatic heterocycles. The van der Waals surface area contributed by atoms with E-state index in [0.717, 1.165) is 12.5 Å². The third-order valence-corrected chi connectivity index (χ3v) is 5.26. The van der Waals surface area contributed by atoms with E-state index in [1.165, 1.54) is 37.8 Å². The fourth-order valence-electron chi connectivity index (χ4n) is 1.50. The van der Waals surface area contributed by atoms with Crippen molar-refractivity contribution in [2.24, 2.45) is 0 Å². The highest BCUT2D eigenvalue weighted by Crippen LogP contribution is 2.16.